The smallest absolute Gasteiger partial charge is 0.341 e. The summed E-state index contributed by atoms with van der Waals surface area (Å²) in [5.41, 5.74) is 5.95. The fourth-order valence-corrected chi connectivity index (χ4v) is 5.27. The van der Waals surface area contributed by atoms with Crippen LogP contribution in [0.2, 0.25) is 0 Å². The fourth-order valence-electron chi connectivity index (χ4n) is 5.27. The number of hydrogen-bond donors (Lipinski definition) is 1. The number of fused-ring (bicyclic) bond motifs is 2. The van der Waals surface area contributed by atoms with Crippen LogP contribution in [0, 0.1) is 12.7 Å². The number of likely N-dealkylation sites (tertiary alicyclic amines) is 1. The second kappa shape index (κ2) is 8.12. The Morgan fingerprint density at radius 3 is 2.65 bits per heavy atom. The van der Waals surface area contributed by atoms with Crippen molar-refractivity contribution in [3.63, 3.8) is 0 Å². The number of carbonyl (C=O) groups excluding carboxylic acids is 1. The maximum atomic E-state index is 13.2. The van der Waals surface area contributed by atoms with E-state index < -0.39 is 6.10 Å². The van der Waals surface area contributed by atoms with Gasteiger partial charge in [-0.25, -0.2) is 9.18 Å². The molecule has 4 nitrogen and oxygen atoms in total. The normalized spacial score (nSPS) is 20.0. The maximum Gasteiger partial charge on any atom is 0.341 e. The van der Waals surface area contributed by atoms with Crippen molar-refractivity contribution in [2.45, 2.75) is 58.1 Å². The summed E-state index contributed by atoms with van der Waals surface area (Å²) in [6.45, 7) is 6.16. The molecule has 0 spiro atoms. The SMILES string of the molecule is Cc1[nH]c2cc3c(cc2c1C(=O)O[C@@H](C)c1ccc(F)cc1)CC(N1CCCC1)CC3. The molecule has 1 aromatic heterocycles. The Morgan fingerprint density at radius 2 is 1.90 bits per heavy atom. The summed E-state index contributed by atoms with van der Waals surface area (Å²) < 4.78 is 19.0. The molecule has 1 aliphatic heterocycles. The van der Waals surface area contributed by atoms with Gasteiger partial charge in [-0.3, -0.25) is 0 Å². The molecular weight excluding hydrogens is 391 g/mol. The van der Waals surface area contributed by atoms with E-state index in [9.17, 15) is 9.18 Å². The van der Waals surface area contributed by atoms with Crippen LogP contribution in [0.15, 0.2) is 36.4 Å². The van der Waals surface area contributed by atoms with Crippen molar-refractivity contribution in [3.05, 3.63) is 70.2 Å². The highest BCUT2D eigenvalue weighted by atomic mass is 19.1. The molecule has 0 amide bonds. The van der Waals surface area contributed by atoms with E-state index in [-0.39, 0.29) is 11.8 Å². The summed E-state index contributed by atoms with van der Waals surface area (Å²) in [5, 5.41) is 0.939. The summed E-state index contributed by atoms with van der Waals surface area (Å²) in [5.74, 6) is -0.640. The number of aryl methyl sites for hydroxylation is 2. The molecule has 162 valence electrons. The van der Waals surface area contributed by atoms with Crippen molar-refractivity contribution in [3.8, 4) is 0 Å². The largest absolute Gasteiger partial charge is 0.454 e. The van der Waals surface area contributed by atoms with Gasteiger partial charge < -0.3 is 14.6 Å². The molecule has 0 bridgehead atoms. The molecule has 1 N–H and O–H groups in total. The number of nitrogens with zero attached hydrogens (tertiary/aromatic N) is 1. The first-order valence-electron chi connectivity index (χ1n) is 11.3. The van der Waals surface area contributed by atoms with Crippen molar-refractivity contribution >= 4 is 16.9 Å². The Balaban J connectivity index is 1.42. The third-order valence-corrected chi connectivity index (χ3v) is 6.99. The highest BCUT2D eigenvalue weighted by molar-refractivity contribution is 6.06. The third kappa shape index (κ3) is 3.87. The van der Waals surface area contributed by atoms with E-state index >= 15 is 0 Å². The van der Waals surface area contributed by atoms with Gasteiger partial charge in [-0.05, 0) is 100.0 Å². The zero-order valence-corrected chi connectivity index (χ0v) is 18.2. The van der Waals surface area contributed by atoms with Crippen LogP contribution in [0.25, 0.3) is 10.9 Å². The van der Waals surface area contributed by atoms with Gasteiger partial charge in [0, 0.05) is 22.6 Å². The molecule has 3 aromatic rings. The molecule has 1 aliphatic carbocycles. The van der Waals surface area contributed by atoms with Crippen LogP contribution in [0.4, 0.5) is 4.39 Å². The van der Waals surface area contributed by atoms with Gasteiger partial charge in [0.2, 0.25) is 0 Å². The number of rotatable bonds is 4. The van der Waals surface area contributed by atoms with Gasteiger partial charge in [0.05, 0.1) is 5.56 Å². The van der Waals surface area contributed by atoms with Gasteiger partial charge in [0.1, 0.15) is 11.9 Å². The lowest BCUT2D eigenvalue weighted by atomic mass is 9.86. The number of H-pyrrole nitrogens is 1. The highest BCUT2D eigenvalue weighted by Gasteiger charge is 2.28. The Bertz CT molecular complexity index is 1110. The molecule has 1 unspecified atom stereocenters. The number of halogens is 1. The van der Waals surface area contributed by atoms with Crippen molar-refractivity contribution in [2.24, 2.45) is 0 Å². The van der Waals surface area contributed by atoms with E-state index in [1.54, 1.807) is 12.1 Å². The standard InChI is InChI=1S/C26H29FN2O2/c1-16-25(26(30)31-17(2)18-5-8-21(27)9-6-18)23-14-20-13-22(29-11-3-4-12-29)10-7-19(20)15-24(23)28-16/h5-6,8-9,14-15,17,22,28H,3-4,7,10-13H2,1-2H3/t17-,22?/m0/s1. The molecule has 5 heteroatoms. The van der Waals surface area contributed by atoms with E-state index in [2.05, 4.69) is 22.0 Å². The first-order valence-corrected chi connectivity index (χ1v) is 11.3. The van der Waals surface area contributed by atoms with Crippen LogP contribution in [-0.4, -0.2) is 35.0 Å². The second-order valence-corrected chi connectivity index (χ2v) is 9.03. The zero-order valence-electron chi connectivity index (χ0n) is 18.2. The molecule has 2 aromatic carbocycles. The van der Waals surface area contributed by atoms with Crippen LogP contribution in [-0.2, 0) is 17.6 Å². The van der Waals surface area contributed by atoms with Crippen LogP contribution in [0.1, 0.15) is 65.0 Å². The van der Waals surface area contributed by atoms with Gasteiger partial charge in [-0.2, -0.15) is 0 Å². The lowest BCUT2D eigenvalue weighted by molar-refractivity contribution is 0.0339. The topological polar surface area (TPSA) is 45.3 Å². The lowest BCUT2D eigenvalue weighted by Gasteiger charge is -2.32. The minimum absolute atomic E-state index is 0.299. The van der Waals surface area contributed by atoms with E-state index in [0.717, 1.165) is 35.0 Å². The molecule has 1 saturated heterocycles. The van der Waals surface area contributed by atoms with E-state index in [1.807, 2.05) is 13.8 Å². The quantitative estimate of drug-likeness (QED) is 0.568. The number of nitrogens with one attached hydrogen (secondary N) is 1. The molecule has 31 heavy (non-hydrogen) atoms. The third-order valence-electron chi connectivity index (χ3n) is 6.99. The molecular formula is C26H29FN2O2. The Kier molecular flexibility index (Phi) is 5.30. The minimum Gasteiger partial charge on any atom is -0.454 e. The number of esters is 1. The molecule has 2 aliphatic rings. The summed E-state index contributed by atoms with van der Waals surface area (Å²) in [6.07, 6.45) is 5.52. The Labute approximate surface area is 182 Å². The number of carbonyl (C=O) groups is 1. The van der Waals surface area contributed by atoms with Crippen LogP contribution < -0.4 is 0 Å². The highest BCUT2D eigenvalue weighted by Crippen LogP contribution is 2.33. The van der Waals surface area contributed by atoms with Gasteiger partial charge in [0.15, 0.2) is 0 Å². The van der Waals surface area contributed by atoms with Crippen molar-refractivity contribution in [1.29, 1.82) is 0 Å². The Morgan fingerprint density at radius 1 is 1.16 bits per heavy atom. The van der Waals surface area contributed by atoms with Crippen molar-refractivity contribution < 1.29 is 13.9 Å². The number of aromatic amines is 1. The van der Waals surface area contributed by atoms with Crippen LogP contribution >= 0.6 is 0 Å². The summed E-state index contributed by atoms with van der Waals surface area (Å²) in [4.78, 5) is 19.1. The number of benzene rings is 2. The Hall–Kier alpha value is -2.66. The van der Waals surface area contributed by atoms with Gasteiger partial charge in [0.25, 0.3) is 0 Å². The number of hydrogen-bond acceptors (Lipinski definition) is 3. The molecule has 0 saturated carbocycles. The lowest BCUT2D eigenvalue weighted by Crippen LogP contribution is -2.37. The zero-order chi connectivity index (χ0) is 21.5. The average Bonchev–Trinajstić information content (AvgIpc) is 3.39. The van der Waals surface area contributed by atoms with E-state index in [0.29, 0.717) is 11.6 Å². The van der Waals surface area contributed by atoms with Crippen LogP contribution in [0.3, 0.4) is 0 Å². The molecule has 2 heterocycles. The van der Waals surface area contributed by atoms with Crippen LogP contribution in [0.5, 0.6) is 0 Å². The van der Waals surface area contributed by atoms with E-state index in [4.69, 9.17) is 4.74 Å². The average molecular weight is 421 g/mol. The summed E-state index contributed by atoms with van der Waals surface area (Å²) in [6, 6.07) is 11.1. The van der Waals surface area contributed by atoms with E-state index in [1.165, 1.54) is 55.6 Å². The molecule has 1 fully saturated rings. The summed E-state index contributed by atoms with van der Waals surface area (Å²) in [7, 11) is 0. The predicted octanol–water partition coefficient (Wildman–Crippen LogP) is 5.49. The molecule has 5 rings (SSSR count). The maximum absolute atomic E-state index is 13.2. The number of aromatic nitrogens is 1. The minimum atomic E-state index is -0.449. The monoisotopic (exact) mass is 420 g/mol. The summed E-state index contributed by atoms with van der Waals surface area (Å²) >= 11 is 0. The second-order valence-electron chi connectivity index (χ2n) is 9.03. The first kappa shape index (κ1) is 20.3. The molecule has 2 atom stereocenters. The van der Waals surface area contributed by atoms with Crippen molar-refractivity contribution in [2.75, 3.05) is 13.1 Å². The van der Waals surface area contributed by atoms with Gasteiger partial charge >= 0.3 is 5.97 Å². The first-order chi connectivity index (χ1) is 15.0. The molecule has 0 radical (unpaired) electrons. The predicted molar refractivity (Wildman–Crippen MR) is 120 cm³/mol. The van der Waals surface area contributed by atoms with Gasteiger partial charge in [-0.15, -0.1) is 0 Å². The number of ether oxygens (including phenoxy) is 1. The fraction of sp³-hybridized carbons (Fsp3) is 0.423. The van der Waals surface area contributed by atoms with Crippen molar-refractivity contribution in [1.82, 2.24) is 9.88 Å². The van der Waals surface area contributed by atoms with Gasteiger partial charge in [-0.1, -0.05) is 12.1 Å².